The molecule has 1 amide bonds. The van der Waals surface area contributed by atoms with E-state index in [0.29, 0.717) is 25.3 Å². The summed E-state index contributed by atoms with van der Waals surface area (Å²) in [6.45, 7) is 0.892. The number of para-hydroxylation sites is 1. The summed E-state index contributed by atoms with van der Waals surface area (Å²) in [6.07, 6.45) is 3.79. The Labute approximate surface area is 139 Å². The summed E-state index contributed by atoms with van der Waals surface area (Å²) in [5.74, 6) is -0.294. The van der Waals surface area contributed by atoms with Gasteiger partial charge in [0, 0.05) is 31.0 Å². The van der Waals surface area contributed by atoms with Crippen molar-refractivity contribution < 1.29 is 19.4 Å². The molecule has 2 heterocycles. The molecule has 3 rings (SSSR count). The summed E-state index contributed by atoms with van der Waals surface area (Å²) in [5, 5.41) is 9.23. The number of aromatic carboxylic acids is 1. The van der Waals surface area contributed by atoms with Crippen LogP contribution in [0.4, 0.5) is 0 Å². The number of fused-ring (bicyclic) bond motifs is 1. The number of hydrogen-bond acceptors (Lipinski definition) is 4. The largest absolute Gasteiger partial charge is 0.496 e. The van der Waals surface area contributed by atoms with Crippen LogP contribution < -0.4 is 4.74 Å². The Balaban J connectivity index is 1.77. The molecule has 1 aliphatic rings. The van der Waals surface area contributed by atoms with Gasteiger partial charge in [-0.05, 0) is 23.6 Å². The summed E-state index contributed by atoms with van der Waals surface area (Å²) < 4.78 is 5.29. The van der Waals surface area contributed by atoms with Crippen molar-refractivity contribution in [3.05, 3.63) is 58.9 Å². The normalized spacial score (nSPS) is 13.3. The molecule has 0 aliphatic carbocycles. The van der Waals surface area contributed by atoms with Crippen molar-refractivity contribution in [3.8, 4) is 5.75 Å². The van der Waals surface area contributed by atoms with Crippen molar-refractivity contribution in [3.63, 3.8) is 0 Å². The van der Waals surface area contributed by atoms with Gasteiger partial charge in [-0.3, -0.25) is 9.78 Å². The number of carboxylic acid groups (broad SMARTS) is 1. The molecule has 0 spiro atoms. The van der Waals surface area contributed by atoms with E-state index in [0.717, 1.165) is 16.7 Å². The van der Waals surface area contributed by atoms with Crippen LogP contribution in [-0.2, 0) is 24.2 Å². The number of carboxylic acids is 1. The highest BCUT2D eigenvalue weighted by Crippen LogP contribution is 2.24. The lowest BCUT2D eigenvalue weighted by Crippen LogP contribution is -2.37. The summed E-state index contributed by atoms with van der Waals surface area (Å²) in [7, 11) is 1.58. The molecule has 1 aromatic heterocycles. The lowest BCUT2D eigenvalue weighted by atomic mass is 9.96. The SMILES string of the molecule is COc1ccccc1CC(=O)N1CCc2c(cncc2C(=O)O)C1. The van der Waals surface area contributed by atoms with Crippen molar-refractivity contribution in [1.82, 2.24) is 9.88 Å². The molecule has 0 saturated carbocycles. The molecule has 124 valence electrons. The molecule has 0 radical (unpaired) electrons. The third-order valence-electron chi connectivity index (χ3n) is 4.26. The van der Waals surface area contributed by atoms with Crippen molar-refractivity contribution >= 4 is 11.9 Å². The van der Waals surface area contributed by atoms with E-state index in [2.05, 4.69) is 4.98 Å². The number of ether oxygens (including phenoxy) is 1. The number of carbonyl (C=O) groups excluding carboxylic acids is 1. The van der Waals surface area contributed by atoms with Crippen molar-refractivity contribution in [2.75, 3.05) is 13.7 Å². The maximum Gasteiger partial charge on any atom is 0.337 e. The van der Waals surface area contributed by atoms with Gasteiger partial charge in [-0.2, -0.15) is 0 Å². The highest BCUT2D eigenvalue weighted by atomic mass is 16.5. The molecule has 1 aliphatic heterocycles. The average molecular weight is 326 g/mol. The molecule has 0 atom stereocenters. The molecular weight excluding hydrogens is 308 g/mol. The topological polar surface area (TPSA) is 79.7 Å². The molecule has 0 bridgehead atoms. The van der Waals surface area contributed by atoms with Gasteiger partial charge in [0.05, 0.1) is 19.1 Å². The van der Waals surface area contributed by atoms with Crippen LogP contribution >= 0.6 is 0 Å². The zero-order valence-corrected chi connectivity index (χ0v) is 13.4. The standard InChI is InChI=1S/C18H18N2O4/c1-24-16-5-3-2-4-12(16)8-17(21)20-7-6-14-13(11-20)9-19-10-15(14)18(22)23/h2-5,9-10H,6-8,11H2,1H3,(H,22,23). The Hall–Kier alpha value is -2.89. The van der Waals surface area contributed by atoms with E-state index in [9.17, 15) is 14.7 Å². The first-order valence-corrected chi connectivity index (χ1v) is 7.69. The molecule has 6 nitrogen and oxygen atoms in total. The highest BCUT2D eigenvalue weighted by Gasteiger charge is 2.25. The highest BCUT2D eigenvalue weighted by molar-refractivity contribution is 5.89. The fourth-order valence-electron chi connectivity index (χ4n) is 3.01. The number of amides is 1. The molecule has 0 unspecified atom stereocenters. The monoisotopic (exact) mass is 326 g/mol. The minimum atomic E-state index is -0.979. The first-order chi connectivity index (χ1) is 11.6. The molecule has 0 fully saturated rings. The van der Waals surface area contributed by atoms with Crippen LogP contribution in [0.1, 0.15) is 27.0 Å². The molecule has 0 saturated heterocycles. The summed E-state index contributed by atoms with van der Waals surface area (Å²) in [4.78, 5) is 29.6. The van der Waals surface area contributed by atoms with Crippen molar-refractivity contribution in [2.24, 2.45) is 0 Å². The van der Waals surface area contributed by atoms with Gasteiger partial charge in [-0.25, -0.2) is 4.79 Å². The molecule has 1 aromatic carbocycles. The molecule has 24 heavy (non-hydrogen) atoms. The van der Waals surface area contributed by atoms with Crippen LogP contribution in [0.2, 0.25) is 0 Å². The number of benzene rings is 1. The van der Waals surface area contributed by atoms with Gasteiger partial charge in [0.1, 0.15) is 5.75 Å². The van der Waals surface area contributed by atoms with Crippen LogP contribution in [0.25, 0.3) is 0 Å². The van der Waals surface area contributed by atoms with Crippen molar-refractivity contribution in [1.29, 1.82) is 0 Å². The molecule has 6 heteroatoms. The minimum Gasteiger partial charge on any atom is -0.496 e. The van der Waals surface area contributed by atoms with E-state index in [1.165, 1.54) is 6.20 Å². The predicted octanol–water partition coefficient (Wildman–Crippen LogP) is 1.92. The zero-order valence-electron chi connectivity index (χ0n) is 13.4. The Morgan fingerprint density at radius 1 is 1.29 bits per heavy atom. The second-order valence-electron chi connectivity index (χ2n) is 5.68. The van der Waals surface area contributed by atoms with Crippen LogP contribution in [0.3, 0.4) is 0 Å². The third kappa shape index (κ3) is 3.08. The number of nitrogens with zero attached hydrogens (tertiary/aromatic N) is 2. The van der Waals surface area contributed by atoms with E-state index in [1.54, 1.807) is 18.2 Å². The number of pyridine rings is 1. The average Bonchev–Trinajstić information content (AvgIpc) is 2.61. The quantitative estimate of drug-likeness (QED) is 0.928. The number of carbonyl (C=O) groups is 2. The smallest absolute Gasteiger partial charge is 0.337 e. The van der Waals surface area contributed by atoms with E-state index in [4.69, 9.17) is 4.74 Å². The second-order valence-corrected chi connectivity index (χ2v) is 5.68. The Morgan fingerprint density at radius 3 is 2.83 bits per heavy atom. The maximum absolute atomic E-state index is 12.6. The fourth-order valence-corrected chi connectivity index (χ4v) is 3.01. The van der Waals surface area contributed by atoms with Gasteiger partial charge in [0.15, 0.2) is 0 Å². The Kier molecular flexibility index (Phi) is 4.46. The Morgan fingerprint density at radius 2 is 2.08 bits per heavy atom. The van der Waals surface area contributed by atoms with Gasteiger partial charge < -0.3 is 14.7 Å². The third-order valence-corrected chi connectivity index (χ3v) is 4.26. The lowest BCUT2D eigenvalue weighted by molar-refractivity contribution is -0.131. The minimum absolute atomic E-state index is 0.00845. The lowest BCUT2D eigenvalue weighted by Gasteiger charge is -2.29. The van der Waals surface area contributed by atoms with Gasteiger partial charge in [0.2, 0.25) is 5.91 Å². The van der Waals surface area contributed by atoms with E-state index in [-0.39, 0.29) is 17.9 Å². The van der Waals surface area contributed by atoms with Crippen LogP contribution in [0.15, 0.2) is 36.7 Å². The molecular formula is C18H18N2O4. The first kappa shape index (κ1) is 16.0. The van der Waals surface area contributed by atoms with Crippen LogP contribution in [0.5, 0.6) is 5.75 Å². The van der Waals surface area contributed by atoms with Gasteiger partial charge >= 0.3 is 5.97 Å². The predicted molar refractivity (Wildman–Crippen MR) is 87.0 cm³/mol. The zero-order chi connectivity index (χ0) is 17.1. The van der Waals surface area contributed by atoms with E-state index >= 15 is 0 Å². The number of aromatic nitrogens is 1. The molecule has 1 N–H and O–H groups in total. The van der Waals surface area contributed by atoms with Crippen LogP contribution in [0, 0.1) is 0 Å². The van der Waals surface area contributed by atoms with Gasteiger partial charge in [0.25, 0.3) is 0 Å². The van der Waals surface area contributed by atoms with Gasteiger partial charge in [-0.15, -0.1) is 0 Å². The van der Waals surface area contributed by atoms with E-state index in [1.807, 2.05) is 24.3 Å². The first-order valence-electron chi connectivity index (χ1n) is 7.69. The number of methoxy groups -OCH3 is 1. The van der Waals surface area contributed by atoms with Gasteiger partial charge in [-0.1, -0.05) is 18.2 Å². The number of hydrogen-bond donors (Lipinski definition) is 1. The summed E-state index contributed by atoms with van der Waals surface area (Å²) in [5.41, 5.74) is 2.64. The number of rotatable bonds is 4. The summed E-state index contributed by atoms with van der Waals surface area (Å²) >= 11 is 0. The second kappa shape index (κ2) is 6.70. The van der Waals surface area contributed by atoms with Crippen LogP contribution in [-0.4, -0.2) is 40.5 Å². The van der Waals surface area contributed by atoms with E-state index < -0.39 is 5.97 Å². The molecule has 2 aromatic rings. The maximum atomic E-state index is 12.6. The Bertz CT molecular complexity index is 788. The van der Waals surface area contributed by atoms with Crippen molar-refractivity contribution in [2.45, 2.75) is 19.4 Å². The summed E-state index contributed by atoms with van der Waals surface area (Å²) in [6, 6.07) is 7.44. The fraction of sp³-hybridized carbons (Fsp3) is 0.278.